The highest BCUT2D eigenvalue weighted by Gasteiger charge is 2.16. The Morgan fingerprint density at radius 3 is 2.55 bits per heavy atom. The molecular weight excluding hydrogens is 258 g/mol. The van der Waals surface area contributed by atoms with Gasteiger partial charge in [-0.3, -0.25) is 19.9 Å². The number of amides is 1. The standard InChI is InChI=1S/C14H13N3O3/c1-9-7-12(5-6-15-9)11-3-4-13(16-10(2)18)14(8-11)17(19)20/h3-8H,1-2H3,(H,16,18). The van der Waals surface area contributed by atoms with Crippen LogP contribution in [0.5, 0.6) is 0 Å². The normalized spacial score (nSPS) is 10.1. The Bertz CT molecular complexity index is 683. The molecule has 0 bridgehead atoms. The minimum absolute atomic E-state index is 0.132. The molecule has 0 aliphatic rings. The summed E-state index contributed by atoms with van der Waals surface area (Å²) in [5.74, 6) is -0.347. The summed E-state index contributed by atoms with van der Waals surface area (Å²) >= 11 is 0. The average molecular weight is 271 g/mol. The zero-order valence-corrected chi connectivity index (χ0v) is 11.1. The fourth-order valence-electron chi connectivity index (χ4n) is 1.88. The first-order chi connectivity index (χ1) is 9.47. The number of rotatable bonds is 3. The zero-order valence-electron chi connectivity index (χ0n) is 11.1. The van der Waals surface area contributed by atoms with Crippen molar-refractivity contribution in [3.63, 3.8) is 0 Å². The maximum atomic E-state index is 11.1. The molecule has 102 valence electrons. The van der Waals surface area contributed by atoms with Gasteiger partial charge in [-0.25, -0.2) is 0 Å². The fraction of sp³-hybridized carbons (Fsp3) is 0.143. The number of carbonyl (C=O) groups is 1. The van der Waals surface area contributed by atoms with Gasteiger partial charge >= 0.3 is 0 Å². The summed E-state index contributed by atoms with van der Waals surface area (Å²) in [4.78, 5) is 25.7. The molecule has 2 aromatic rings. The molecule has 2 rings (SSSR count). The Kier molecular flexibility index (Phi) is 3.74. The summed E-state index contributed by atoms with van der Waals surface area (Å²) in [6, 6.07) is 8.33. The first-order valence-electron chi connectivity index (χ1n) is 5.96. The van der Waals surface area contributed by atoms with Crippen LogP contribution in [-0.2, 0) is 4.79 Å². The minimum atomic E-state index is -0.511. The van der Waals surface area contributed by atoms with Crippen molar-refractivity contribution in [2.45, 2.75) is 13.8 Å². The molecule has 1 aromatic carbocycles. The molecule has 6 heteroatoms. The van der Waals surface area contributed by atoms with Crippen LogP contribution in [0, 0.1) is 17.0 Å². The fourth-order valence-corrected chi connectivity index (χ4v) is 1.88. The van der Waals surface area contributed by atoms with Gasteiger partial charge < -0.3 is 5.32 Å². The van der Waals surface area contributed by atoms with Gasteiger partial charge in [0.2, 0.25) is 5.91 Å². The van der Waals surface area contributed by atoms with Gasteiger partial charge in [-0.1, -0.05) is 6.07 Å². The third-order valence-corrected chi connectivity index (χ3v) is 2.74. The molecule has 1 heterocycles. The topological polar surface area (TPSA) is 85.1 Å². The van der Waals surface area contributed by atoms with E-state index in [2.05, 4.69) is 10.3 Å². The van der Waals surface area contributed by atoms with Crippen LogP contribution in [0.25, 0.3) is 11.1 Å². The van der Waals surface area contributed by atoms with Gasteiger partial charge in [-0.2, -0.15) is 0 Å². The summed E-state index contributed by atoms with van der Waals surface area (Å²) in [7, 11) is 0. The minimum Gasteiger partial charge on any atom is -0.321 e. The van der Waals surface area contributed by atoms with E-state index in [4.69, 9.17) is 0 Å². The highest BCUT2D eigenvalue weighted by Crippen LogP contribution is 2.30. The molecule has 0 saturated heterocycles. The zero-order chi connectivity index (χ0) is 14.7. The summed E-state index contributed by atoms with van der Waals surface area (Å²) in [5.41, 5.74) is 2.44. The summed E-state index contributed by atoms with van der Waals surface area (Å²) in [6.07, 6.45) is 1.65. The van der Waals surface area contributed by atoms with E-state index in [1.54, 1.807) is 18.3 Å². The number of nitro benzene ring substituents is 1. The molecule has 1 N–H and O–H groups in total. The molecule has 0 aliphatic carbocycles. The van der Waals surface area contributed by atoms with E-state index in [1.807, 2.05) is 13.0 Å². The number of carbonyl (C=O) groups excluding carboxylic acids is 1. The number of anilines is 1. The van der Waals surface area contributed by atoms with Crippen LogP contribution in [0.3, 0.4) is 0 Å². The van der Waals surface area contributed by atoms with E-state index < -0.39 is 4.92 Å². The van der Waals surface area contributed by atoms with Crippen molar-refractivity contribution in [1.29, 1.82) is 0 Å². The van der Waals surface area contributed by atoms with Crippen molar-refractivity contribution in [2.75, 3.05) is 5.32 Å². The quantitative estimate of drug-likeness (QED) is 0.687. The van der Waals surface area contributed by atoms with Crippen molar-refractivity contribution >= 4 is 17.3 Å². The first-order valence-corrected chi connectivity index (χ1v) is 5.96. The largest absolute Gasteiger partial charge is 0.321 e. The van der Waals surface area contributed by atoms with Gasteiger partial charge in [-0.05, 0) is 36.2 Å². The highest BCUT2D eigenvalue weighted by atomic mass is 16.6. The van der Waals surface area contributed by atoms with Crippen LogP contribution >= 0.6 is 0 Å². The molecule has 0 fully saturated rings. The predicted molar refractivity (Wildman–Crippen MR) is 75.4 cm³/mol. The molecule has 0 atom stereocenters. The number of pyridine rings is 1. The lowest BCUT2D eigenvalue weighted by Gasteiger charge is -2.07. The van der Waals surface area contributed by atoms with Crippen molar-refractivity contribution in [3.8, 4) is 11.1 Å². The summed E-state index contributed by atoms with van der Waals surface area (Å²) in [5, 5.41) is 13.5. The third kappa shape index (κ3) is 2.97. The van der Waals surface area contributed by atoms with Crippen molar-refractivity contribution in [2.24, 2.45) is 0 Å². The number of aromatic nitrogens is 1. The van der Waals surface area contributed by atoms with Gasteiger partial charge in [-0.15, -0.1) is 0 Å². The van der Waals surface area contributed by atoms with Gasteiger partial charge in [0.1, 0.15) is 5.69 Å². The van der Waals surface area contributed by atoms with Gasteiger partial charge in [0.25, 0.3) is 5.69 Å². The van der Waals surface area contributed by atoms with E-state index in [0.29, 0.717) is 5.56 Å². The summed E-state index contributed by atoms with van der Waals surface area (Å²) < 4.78 is 0. The number of aryl methyl sites for hydroxylation is 1. The van der Waals surface area contributed by atoms with Gasteiger partial charge in [0, 0.05) is 24.9 Å². The number of benzene rings is 1. The Hall–Kier alpha value is -2.76. The molecule has 6 nitrogen and oxygen atoms in total. The Morgan fingerprint density at radius 2 is 1.95 bits per heavy atom. The number of hydrogen-bond acceptors (Lipinski definition) is 4. The van der Waals surface area contributed by atoms with E-state index in [1.165, 1.54) is 19.1 Å². The third-order valence-electron chi connectivity index (χ3n) is 2.74. The first kappa shape index (κ1) is 13.7. The number of hydrogen-bond donors (Lipinski definition) is 1. The molecule has 1 amide bonds. The van der Waals surface area contributed by atoms with Crippen molar-refractivity contribution < 1.29 is 9.72 Å². The smallest absolute Gasteiger partial charge is 0.293 e. The van der Waals surface area contributed by atoms with Crippen molar-refractivity contribution in [3.05, 3.63) is 52.3 Å². The monoisotopic (exact) mass is 271 g/mol. The summed E-state index contributed by atoms with van der Waals surface area (Å²) in [6.45, 7) is 3.16. The van der Waals surface area contributed by atoms with Gasteiger partial charge in [0.15, 0.2) is 0 Å². The molecule has 0 radical (unpaired) electrons. The van der Waals surface area contributed by atoms with Crippen LogP contribution in [0.1, 0.15) is 12.6 Å². The van der Waals surface area contributed by atoms with Crippen LogP contribution < -0.4 is 5.32 Å². The maximum Gasteiger partial charge on any atom is 0.293 e. The van der Waals surface area contributed by atoms with Crippen LogP contribution in [0.4, 0.5) is 11.4 Å². The molecule has 0 saturated carbocycles. The number of nitrogens with one attached hydrogen (secondary N) is 1. The second-order valence-corrected chi connectivity index (χ2v) is 4.36. The maximum absolute atomic E-state index is 11.1. The lowest BCUT2D eigenvalue weighted by atomic mass is 10.0. The molecule has 0 aliphatic heterocycles. The second-order valence-electron chi connectivity index (χ2n) is 4.36. The van der Waals surface area contributed by atoms with Crippen LogP contribution in [0.15, 0.2) is 36.5 Å². The predicted octanol–water partition coefficient (Wildman–Crippen LogP) is 2.92. The lowest BCUT2D eigenvalue weighted by Crippen LogP contribution is -2.08. The SMILES string of the molecule is CC(=O)Nc1ccc(-c2ccnc(C)c2)cc1[N+](=O)[O-]. The molecule has 20 heavy (non-hydrogen) atoms. The Labute approximate surface area is 115 Å². The molecule has 0 unspecified atom stereocenters. The van der Waals surface area contributed by atoms with E-state index in [9.17, 15) is 14.9 Å². The van der Waals surface area contributed by atoms with Crippen molar-refractivity contribution in [1.82, 2.24) is 4.98 Å². The Balaban J connectivity index is 2.50. The average Bonchev–Trinajstić information content (AvgIpc) is 2.38. The molecule has 0 spiro atoms. The van der Waals surface area contributed by atoms with Crippen LogP contribution in [-0.4, -0.2) is 15.8 Å². The second kappa shape index (κ2) is 5.48. The number of nitro groups is 1. The van der Waals surface area contributed by atoms with Crippen LogP contribution in [0.2, 0.25) is 0 Å². The highest BCUT2D eigenvalue weighted by molar-refractivity contribution is 5.92. The number of nitrogens with zero attached hydrogens (tertiary/aromatic N) is 2. The van der Waals surface area contributed by atoms with E-state index in [-0.39, 0.29) is 17.3 Å². The molecular formula is C14H13N3O3. The molecule has 1 aromatic heterocycles. The Morgan fingerprint density at radius 1 is 1.25 bits per heavy atom. The van der Waals surface area contributed by atoms with E-state index >= 15 is 0 Å². The lowest BCUT2D eigenvalue weighted by molar-refractivity contribution is -0.383. The van der Waals surface area contributed by atoms with Gasteiger partial charge in [0.05, 0.1) is 4.92 Å². The van der Waals surface area contributed by atoms with E-state index in [0.717, 1.165) is 11.3 Å².